The quantitative estimate of drug-likeness (QED) is 0.452. The van der Waals surface area contributed by atoms with Gasteiger partial charge in [0.15, 0.2) is 0 Å². The molecule has 0 saturated heterocycles. The topological polar surface area (TPSA) is 6.48 Å². The van der Waals surface area contributed by atoms with E-state index in [1.807, 2.05) is 0 Å². The molecule has 0 spiro atoms. The molecule has 0 aromatic carbocycles. The van der Waals surface area contributed by atoms with Crippen LogP contribution in [0.1, 0.15) is 12.8 Å². The van der Waals surface area contributed by atoms with E-state index in [1.54, 1.807) is 0 Å². The highest BCUT2D eigenvalue weighted by atomic mass is 32.2. The van der Waals surface area contributed by atoms with Crippen LogP contribution in [0.3, 0.4) is 0 Å². The van der Waals surface area contributed by atoms with E-state index >= 15 is 0 Å². The maximum atomic E-state index is 2.27. The van der Waals surface area contributed by atoms with Crippen molar-refractivity contribution in [2.24, 2.45) is 0 Å². The summed E-state index contributed by atoms with van der Waals surface area (Å²) in [7, 11) is 8.60. The Morgan fingerprint density at radius 2 is 0.842 bits per heavy atom. The summed E-state index contributed by atoms with van der Waals surface area (Å²) in [6, 6.07) is 0. The molecule has 0 aliphatic heterocycles. The molecular formula is C14H32N2S3. The molecule has 0 atom stereocenters. The van der Waals surface area contributed by atoms with Crippen molar-refractivity contribution in [2.45, 2.75) is 12.8 Å². The molecule has 0 unspecified atom stereocenters. The predicted octanol–water partition coefficient (Wildman–Crippen LogP) is 3.09. The monoisotopic (exact) mass is 324 g/mol. The third-order valence-corrected chi connectivity index (χ3v) is 6.17. The van der Waals surface area contributed by atoms with Crippen LogP contribution in [0.2, 0.25) is 0 Å². The number of nitrogens with zero attached hydrogens (tertiary/aromatic N) is 2. The molecule has 0 aromatic heterocycles. The summed E-state index contributed by atoms with van der Waals surface area (Å²) in [5, 5.41) is 0. The summed E-state index contributed by atoms with van der Waals surface area (Å²) in [6.07, 6.45) is 2.65. The second-order valence-corrected chi connectivity index (χ2v) is 8.83. The summed E-state index contributed by atoms with van der Waals surface area (Å²) in [5.41, 5.74) is 0. The predicted molar refractivity (Wildman–Crippen MR) is 98.3 cm³/mol. The maximum Gasteiger partial charge on any atom is 0.00238 e. The largest absolute Gasteiger partial charge is 0.309 e. The van der Waals surface area contributed by atoms with Gasteiger partial charge < -0.3 is 9.80 Å². The van der Waals surface area contributed by atoms with E-state index in [9.17, 15) is 0 Å². The van der Waals surface area contributed by atoms with Gasteiger partial charge in [-0.15, -0.1) is 0 Å². The Labute approximate surface area is 133 Å². The molecule has 0 N–H and O–H groups in total. The number of thioether (sulfide) groups is 3. The van der Waals surface area contributed by atoms with Gasteiger partial charge in [-0.2, -0.15) is 35.3 Å². The van der Waals surface area contributed by atoms with Crippen molar-refractivity contribution in [3.05, 3.63) is 0 Å². The minimum absolute atomic E-state index is 1.23. The van der Waals surface area contributed by atoms with Crippen LogP contribution in [0.15, 0.2) is 0 Å². The molecule has 19 heavy (non-hydrogen) atoms. The van der Waals surface area contributed by atoms with Gasteiger partial charge in [-0.1, -0.05) is 0 Å². The Hall–Kier alpha value is 0.970. The zero-order chi connectivity index (χ0) is 14.3. The first-order chi connectivity index (χ1) is 9.13. The van der Waals surface area contributed by atoms with E-state index in [0.29, 0.717) is 0 Å². The second-order valence-electron chi connectivity index (χ2n) is 5.15. The average molecular weight is 325 g/mol. The number of rotatable bonds is 14. The van der Waals surface area contributed by atoms with Gasteiger partial charge in [-0.3, -0.25) is 0 Å². The summed E-state index contributed by atoms with van der Waals surface area (Å²) >= 11 is 6.34. The normalized spacial score (nSPS) is 11.7. The van der Waals surface area contributed by atoms with Gasteiger partial charge >= 0.3 is 0 Å². The van der Waals surface area contributed by atoms with Gasteiger partial charge in [-0.25, -0.2) is 0 Å². The lowest BCUT2D eigenvalue weighted by Crippen LogP contribution is -2.13. The van der Waals surface area contributed by atoms with Crippen molar-refractivity contribution < 1.29 is 0 Å². The van der Waals surface area contributed by atoms with E-state index in [-0.39, 0.29) is 0 Å². The molecule has 5 heteroatoms. The first kappa shape index (κ1) is 20.0. The zero-order valence-electron chi connectivity index (χ0n) is 13.2. The SMILES string of the molecule is CN(C)CCCSCCSCCSCCCN(C)C. The third kappa shape index (κ3) is 19.0. The van der Waals surface area contributed by atoms with Gasteiger partial charge in [0.25, 0.3) is 0 Å². The third-order valence-electron chi connectivity index (χ3n) is 2.53. The zero-order valence-corrected chi connectivity index (χ0v) is 15.6. The van der Waals surface area contributed by atoms with Crippen molar-refractivity contribution in [1.29, 1.82) is 0 Å². The van der Waals surface area contributed by atoms with E-state index in [0.717, 1.165) is 0 Å². The van der Waals surface area contributed by atoms with Crippen LogP contribution in [0.4, 0.5) is 0 Å². The van der Waals surface area contributed by atoms with Crippen LogP contribution < -0.4 is 0 Å². The maximum absolute atomic E-state index is 2.27. The van der Waals surface area contributed by atoms with Crippen LogP contribution >= 0.6 is 35.3 Å². The lowest BCUT2D eigenvalue weighted by Gasteiger charge is -2.09. The average Bonchev–Trinajstić information content (AvgIpc) is 2.34. The summed E-state index contributed by atoms with van der Waals surface area (Å²) in [4.78, 5) is 4.53. The highest BCUT2D eigenvalue weighted by Gasteiger charge is 1.95. The fraction of sp³-hybridized carbons (Fsp3) is 1.00. The van der Waals surface area contributed by atoms with Gasteiger partial charge in [-0.05, 0) is 65.6 Å². The van der Waals surface area contributed by atoms with Crippen LogP contribution in [0.25, 0.3) is 0 Å². The van der Waals surface area contributed by atoms with Gasteiger partial charge in [0.05, 0.1) is 0 Å². The molecule has 0 aliphatic carbocycles. The number of hydrogen-bond acceptors (Lipinski definition) is 5. The van der Waals surface area contributed by atoms with Crippen LogP contribution in [0, 0.1) is 0 Å². The summed E-state index contributed by atoms with van der Waals surface area (Å²) < 4.78 is 0. The van der Waals surface area contributed by atoms with Crippen molar-refractivity contribution in [1.82, 2.24) is 9.80 Å². The first-order valence-corrected chi connectivity index (χ1v) is 10.6. The molecule has 0 fully saturated rings. The van der Waals surface area contributed by atoms with Crippen molar-refractivity contribution >= 4 is 35.3 Å². The van der Waals surface area contributed by atoms with Crippen molar-refractivity contribution in [2.75, 3.05) is 75.8 Å². The molecule has 0 rings (SSSR count). The Morgan fingerprint density at radius 3 is 1.16 bits per heavy atom. The van der Waals surface area contributed by atoms with Crippen molar-refractivity contribution in [3.63, 3.8) is 0 Å². The smallest absolute Gasteiger partial charge is 0.00238 e. The fourth-order valence-electron chi connectivity index (χ4n) is 1.51. The standard InChI is InChI=1S/C14H32N2S3/c1-15(2)7-5-9-17-11-13-19-14-12-18-10-6-8-16(3)4/h5-14H2,1-4H3. The van der Waals surface area contributed by atoms with Crippen LogP contribution in [0.5, 0.6) is 0 Å². The molecule has 0 aliphatic rings. The highest BCUT2D eigenvalue weighted by molar-refractivity contribution is 8.04. The minimum atomic E-state index is 1.23. The molecule has 0 heterocycles. The fourth-order valence-corrected chi connectivity index (χ4v) is 4.67. The Balaban J connectivity index is 2.95. The Kier molecular flexibility index (Phi) is 16.1. The number of hydrogen-bond donors (Lipinski definition) is 0. The Morgan fingerprint density at radius 1 is 0.526 bits per heavy atom. The van der Waals surface area contributed by atoms with Gasteiger partial charge in [0, 0.05) is 23.0 Å². The Bertz CT molecular complexity index is 160. The molecule has 2 nitrogen and oxygen atoms in total. The minimum Gasteiger partial charge on any atom is -0.309 e. The first-order valence-electron chi connectivity index (χ1n) is 7.15. The van der Waals surface area contributed by atoms with E-state index < -0.39 is 0 Å². The molecular weight excluding hydrogens is 292 g/mol. The molecule has 0 bridgehead atoms. The lowest BCUT2D eigenvalue weighted by atomic mass is 10.5. The van der Waals surface area contributed by atoms with E-state index in [2.05, 4.69) is 73.3 Å². The van der Waals surface area contributed by atoms with Gasteiger partial charge in [0.2, 0.25) is 0 Å². The summed E-state index contributed by atoms with van der Waals surface area (Å²) in [5.74, 6) is 7.93. The van der Waals surface area contributed by atoms with Crippen LogP contribution in [-0.2, 0) is 0 Å². The summed E-state index contributed by atoms with van der Waals surface area (Å²) in [6.45, 7) is 2.45. The molecule has 0 amide bonds. The molecule has 0 saturated carbocycles. The van der Waals surface area contributed by atoms with Crippen molar-refractivity contribution in [3.8, 4) is 0 Å². The highest BCUT2D eigenvalue weighted by Crippen LogP contribution is 2.11. The van der Waals surface area contributed by atoms with E-state index in [4.69, 9.17) is 0 Å². The van der Waals surface area contributed by atoms with Gasteiger partial charge in [0.1, 0.15) is 0 Å². The lowest BCUT2D eigenvalue weighted by molar-refractivity contribution is 0.410. The molecule has 0 aromatic rings. The molecule has 116 valence electrons. The van der Waals surface area contributed by atoms with E-state index in [1.165, 1.54) is 60.4 Å². The second kappa shape index (κ2) is 15.4. The van der Waals surface area contributed by atoms with Crippen LogP contribution in [-0.4, -0.2) is 85.6 Å². The molecule has 0 radical (unpaired) electrons.